The standard InChI is InChI=1S/C57H111N2O6P/c1-6-8-10-12-14-16-18-20-22-24-26-28-29-31-32-34-36-38-40-42-44-46-48-50-56(60)55(54-65-66(62,63)64-53-52-59(3,4)5)58-57(61)51-49-47-45-43-41-39-37-35-33-30-27-25-23-21-19-17-15-13-11-9-7-2/h19,21,25,27,33,35,55-56,60H,6-18,20,22-24,26,28-32,34,36-54H2,1-5H3,(H-,58,61,62,63)/p+1/b21-19-,27-25-,35-33-. The first-order chi connectivity index (χ1) is 32.0. The fourth-order valence-corrected chi connectivity index (χ4v) is 9.14. The van der Waals surface area contributed by atoms with Gasteiger partial charge in [0.1, 0.15) is 13.2 Å². The largest absolute Gasteiger partial charge is 0.472 e. The molecule has 9 heteroatoms. The third kappa shape index (κ3) is 50.6. The lowest BCUT2D eigenvalue weighted by atomic mass is 10.0. The molecule has 1 amide bonds. The smallest absolute Gasteiger partial charge is 0.391 e. The molecule has 0 bridgehead atoms. The number of carbonyl (C=O) groups is 1. The minimum atomic E-state index is -4.33. The highest BCUT2D eigenvalue weighted by atomic mass is 31.2. The molecule has 0 radical (unpaired) electrons. The Bertz CT molecular complexity index is 1170. The van der Waals surface area contributed by atoms with Gasteiger partial charge in [0.25, 0.3) is 0 Å². The Hall–Kier alpha value is -1.28. The lowest BCUT2D eigenvalue weighted by molar-refractivity contribution is -0.870. The van der Waals surface area contributed by atoms with Crippen LogP contribution < -0.4 is 5.32 Å². The van der Waals surface area contributed by atoms with Crippen molar-refractivity contribution in [2.24, 2.45) is 0 Å². The van der Waals surface area contributed by atoms with Crippen LogP contribution in [0.4, 0.5) is 0 Å². The van der Waals surface area contributed by atoms with Gasteiger partial charge in [0.2, 0.25) is 5.91 Å². The van der Waals surface area contributed by atoms with E-state index in [-0.39, 0.29) is 19.1 Å². The fourth-order valence-electron chi connectivity index (χ4n) is 8.41. The number of hydrogen-bond donors (Lipinski definition) is 3. The first kappa shape index (κ1) is 64.7. The number of allylic oxidation sites excluding steroid dienone is 6. The Labute approximate surface area is 410 Å². The topological polar surface area (TPSA) is 105 Å². The number of aliphatic hydroxyl groups excluding tert-OH is 1. The van der Waals surface area contributed by atoms with Gasteiger partial charge in [-0.05, 0) is 51.4 Å². The molecular weight excluding hydrogens is 840 g/mol. The Morgan fingerprint density at radius 2 is 0.864 bits per heavy atom. The summed E-state index contributed by atoms with van der Waals surface area (Å²) in [5.74, 6) is -0.154. The average Bonchev–Trinajstić information content (AvgIpc) is 3.28. The van der Waals surface area contributed by atoms with Crippen molar-refractivity contribution in [3.63, 3.8) is 0 Å². The molecule has 0 heterocycles. The van der Waals surface area contributed by atoms with Crippen molar-refractivity contribution in [1.82, 2.24) is 5.32 Å². The number of nitrogens with one attached hydrogen (secondary N) is 1. The number of phosphoric acid groups is 1. The van der Waals surface area contributed by atoms with E-state index >= 15 is 0 Å². The van der Waals surface area contributed by atoms with E-state index in [0.29, 0.717) is 23.9 Å². The summed E-state index contributed by atoms with van der Waals surface area (Å²) < 4.78 is 23.8. The SMILES string of the molecule is CCCCCCC/C=C\C/C=C\C/C=C\CCCCCCCCC(=O)NC(COP(=O)(O)OCC[N+](C)(C)C)C(O)CCCCCCCCCCCCCCCCCCCCCCCCC. The zero-order valence-electron chi connectivity index (χ0n) is 44.4. The lowest BCUT2D eigenvalue weighted by Crippen LogP contribution is -2.46. The molecule has 0 saturated carbocycles. The number of amides is 1. The van der Waals surface area contributed by atoms with E-state index in [9.17, 15) is 19.4 Å². The van der Waals surface area contributed by atoms with Crippen LogP contribution in [0.15, 0.2) is 36.5 Å². The van der Waals surface area contributed by atoms with Crippen LogP contribution in [-0.4, -0.2) is 73.4 Å². The van der Waals surface area contributed by atoms with Crippen molar-refractivity contribution >= 4 is 13.7 Å². The number of aliphatic hydroxyl groups is 1. The monoisotopic (exact) mass is 952 g/mol. The third-order valence-corrected chi connectivity index (χ3v) is 13.9. The molecule has 66 heavy (non-hydrogen) atoms. The van der Waals surface area contributed by atoms with Crippen molar-refractivity contribution in [2.75, 3.05) is 40.9 Å². The van der Waals surface area contributed by atoms with Gasteiger partial charge in [-0.15, -0.1) is 0 Å². The van der Waals surface area contributed by atoms with Crippen molar-refractivity contribution in [3.8, 4) is 0 Å². The highest BCUT2D eigenvalue weighted by Gasteiger charge is 2.28. The van der Waals surface area contributed by atoms with E-state index in [4.69, 9.17) is 9.05 Å². The third-order valence-electron chi connectivity index (χ3n) is 12.9. The second-order valence-corrected chi connectivity index (χ2v) is 22.1. The van der Waals surface area contributed by atoms with Crippen LogP contribution in [0.2, 0.25) is 0 Å². The van der Waals surface area contributed by atoms with Crippen LogP contribution in [0.1, 0.15) is 271 Å². The molecule has 0 aromatic carbocycles. The van der Waals surface area contributed by atoms with Gasteiger partial charge in [0, 0.05) is 6.42 Å². The number of likely N-dealkylation sites (N-methyl/N-ethyl adjacent to an activating group) is 1. The molecule has 0 rings (SSSR count). The molecule has 3 unspecified atom stereocenters. The summed E-state index contributed by atoms with van der Waals surface area (Å²) in [5.41, 5.74) is 0. The van der Waals surface area contributed by atoms with Crippen LogP contribution in [-0.2, 0) is 18.4 Å². The zero-order valence-corrected chi connectivity index (χ0v) is 45.3. The van der Waals surface area contributed by atoms with Crippen LogP contribution in [0.3, 0.4) is 0 Å². The van der Waals surface area contributed by atoms with Gasteiger partial charge in [0.15, 0.2) is 0 Å². The molecule has 3 atom stereocenters. The molecule has 0 aromatic rings. The number of nitrogens with zero attached hydrogens (tertiary/aromatic N) is 1. The van der Waals surface area contributed by atoms with Crippen molar-refractivity contribution < 1.29 is 32.9 Å². The van der Waals surface area contributed by atoms with Crippen LogP contribution in [0.25, 0.3) is 0 Å². The zero-order chi connectivity index (χ0) is 48.5. The quantitative estimate of drug-likeness (QED) is 0.0243. The summed E-state index contributed by atoms with van der Waals surface area (Å²) in [5, 5.41) is 14.1. The Balaban J connectivity index is 4.22. The maximum atomic E-state index is 13.0. The highest BCUT2D eigenvalue weighted by Crippen LogP contribution is 2.43. The molecule has 0 aliphatic rings. The van der Waals surface area contributed by atoms with E-state index in [1.165, 1.54) is 180 Å². The number of rotatable bonds is 52. The van der Waals surface area contributed by atoms with Crippen LogP contribution in [0, 0.1) is 0 Å². The number of quaternary nitrogens is 1. The predicted molar refractivity (Wildman–Crippen MR) is 286 cm³/mol. The summed E-state index contributed by atoms with van der Waals surface area (Å²) in [4.78, 5) is 23.3. The Kier molecular flexibility index (Phi) is 47.8. The van der Waals surface area contributed by atoms with Crippen molar-refractivity contribution in [2.45, 2.75) is 283 Å². The minimum Gasteiger partial charge on any atom is -0.391 e. The molecule has 3 N–H and O–H groups in total. The van der Waals surface area contributed by atoms with Crippen molar-refractivity contribution in [3.05, 3.63) is 36.5 Å². The Morgan fingerprint density at radius 1 is 0.515 bits per heavy atom. The molecule has 0 aliphatic heterocycles. The lowest BCUT2D eigenvalue weighted by Gasteiger charge is -2.26. The molecule has 0 aromatic heterocycles. The summed E-state index contributed by atoms with van der Waals surface area (Å²) in [6.07, 6.45) is 61.9. The predicted octanol–water partition coefficient (Wildman–Crippen LogP) is 17.0. The summed E-state index contributed by atoms with van der Waals surface area (Å²) in [7, 11) is 1.61. The number of hydrogen-bond acceptors (Lipinski definition) is 5. The van der Waals surface area contributed by atoms with Crippen molar-refractivity contribution in [1.29, 1.82) is 0 Å². The maximum absolute atomic E-state index is 13.0. The van der Waals surface area contributed by atoms with E-state index in [0.717, 1.165) is 64.2 Å². The van der Waals surface area contributed by atoms with E-state index in [2.05, 4.69) is 55.6 Å². The summed E-state index contributed by atoms with van der Waals surface area (Å²) in [6.45, 7) is 4.90. The molecule has 0 fully saturated rings. The fraction of sp³-hybridized carbons (Fsp3) is 0.877. The van der Waals surface area contributed by atoms with E-state index < -0.39 is 20.0 Å². The second kappa shape index (κ2) is 48.7. The molecule has 0 saturated heterocycles. The number of carbonyl (C=O) groups excluding carboxylic acids is 1. The Morgan fingerprint density at radius 3 is 1.26 bits per heavy atom. The van der Waals surface area contributed by atoms with Gasteiger partial charge >= 0.3 is 7.82 Å². The number of phosphoric ester groups is 1. The first-order valence-corrected chi connectivity index (χ1v) is 29.8. The highest BCUT2D eigenvalue weighted by molar-refractivity contribution is 7.47. The average molecular weight is 953 g/mol. The normalized spacial score (nSPS) is 14.2. The van der Waals surface area contributed by atoms with Gasteiger partial charge < -0.3 is 19.8 Å². The first-order valence-electron chi connectivity index (χ1n) is 28.4. The van der Waals surface area contributed by atoms with Crippen LogP contribution in [0.5, 0.6) is 0 Å². The second-order valence-electron chi connectivity index (χ2n) is 20.7. The molecule has 0 spiro atoms. The van der Waals surface area contributed by atoms with E-state index in [1.54, 1.807) is 0 Å². The van der Waals surface area contributed by atoms with Gasteiger partial charge in [0.05, 0.1) is 39.9 Å². The summed E-state index contributed by atoms with van der Waals surface area (Å²) in [6, 6.07) is -0.769. The van der Waals surface area contributed by atoms with Crippen LogP contribution >= 0.6 is 7.82 Å². The summed E-state index contributed by atoms with van der Waals surface area (Å²) >= 11 is 0. The van der Waals surface area contributed by atoms with Gasteiger partial charge in [-0.1, -0.05) is 249 Å². The molecule has 8 nitrogen and oxygen atoms in total. The van der Waals surface area contributed by atoms with E-state index in [1.807, 2.05) is 21.1 Å². The molecular formula is C57H112N2O6P+. The minimum absolute atomic E-state index is 0.0717. The maximum Gasteiger partial charge on any atom is 0.472 e. The number of unbranched alkanes of at least 4 members (excludes halogenated alkanes) is 33. The molecule has 0 aliphatic carbocycles. The van der Waals surface area contributed by atoms with Gasteiger partial charge in [-0.2, -0.15) is 0 Å². The molecule has 390 valence electrons. The van der Waals surface area contributed by atoms with Gasteiger partial charge in [-0.3, -0.25) is 13.8 Å². The van der Waals surface area contributed by atoms with Gasteiger partial charge in [-0.25, -0.2) is 4.57 Å².